The number of nitrogens with one attached hydrogen (secondary N) is 3. The number of hydrogen-bond acceptors (Lipinski definition) is 15. The van der Waals surface area contributed by atoms with Gasteiger partial charge in [0.25, 0.3) is 0 Å². The van der Waals surface area contributed by atoms with Crippen molar-refractivity contribution in [2.24, 2.45) is 17.8 Å². The molecular formula is C69H75N6O19S+. The van der Waals surface area contributed by atoms with Crippen molar-refractivity contribution in [2.75, 3.05) is 31.1 Å². The summed E-state index contributed by atoms with van der Waals surface area (Å²) in [5.41, 5.74) is 7.72. The van der Waals surface area contributed by atoms with Gasteiger partial charge in [-0.15, -0.1) is 0 Å². The third kappa shape index (κ3) is 17.1. The van der Waals surface area contributed by atoms with Crippen LogP contribution in [-0.2, 0) is 75.6 Å². The number of ketones is 3. The topological polar surface area (TPSA) is 382 Å². The summed E-state index contributed by atoms with van der Waals surface area (Å²) in [6.45, 7) is 2.31. The standard InChI is InChI=1S/C69H74N6O19S/c1-40(76)44(14-23-61(79)80)36-56(77)51(20-25-63(83)84)70-68(90)45(15-24-62(81)82)37-57(78)52(21-26-64(85)86)71-69(91)53(22-27-65(87)88)72-67(89)43-28-32-73(33-29-43)95(92,93)60-13-7-4-10-50(60)66-48-18-16-46(74-34-30-41-8-2-5-11-54(41)74)38-58(48)94-59-39-47(17-19-49(59)66)75-35-31-42-9-3-6-12-55(42)75/h2-13,16-19,38-39,43-45,51-53H,14-15,20-37H2,1H3,(H7-,70,71,72,79,80,81,82,83,84,85,86,87,88,89,90,91)/p+1/t44-,45-,51+,52+,53+/m0/s1. The molecule has 0 saturated carbocycles. The van der Waals surface area contributed by atoms with Crippen molar-refractivity contribution >= 4 is 103 Å². The molecule has 26 heteroatoms. The maximum Gasteiger partial charge on any atom is 0.303 e. The van der Waals surface area contributed by atoms with Crippen LogP contribution in [0.25, 0.3) is 33.4 Å². The Labute approximate surface area is 546 Å². The number of para-hydroxylation sites is 2. The van der Waals surface area contributed by atoms with Gasteiger partial charge in [0.15, 0.2) is 18.1 Å². The Morgan fingerprint density at radius 1 is 0.568 bits per heavy atom. The molecule has 1 saturated heterocycles. The normalized spacial score (nSPS) is 16.2. The van der Waals surface area contributed by atoms with Gasteiger partial charge in [-0.05, 0) is 94.2 Å². The van der Waals surface area contributed by atoms with Crippen molar-refractivity contribution in [1.82, 2.24) is 24.8 Å². The van der Waals surface area contributed by atoms with Crippen LogP contribution in [-0.4, -0.2) is 147 Å². The number of carboxylic acids is 5. The number of Topliss-reactive ketones (excluding diaryl/α,β-unsaturated/α-hetero) is 3. The largest absolute Gasteiger partial charge is 0.481 e. The van der Waals surface area contributed by atoms with Gasteiger partial charge >= 0.3 is 29.8 Å². The van der Waals surface area contributed by atoms with E-state index in [1.165, 1.54) is 21.5 Å². The molecule has 4 aliphatic heterocycles. The van der Waals surface area contributed by atoms with E-state index in [4.69, 9.17) is 4.42 Å². The molecule has 0 aromatic heterocycles. The highest BCUT2D eigenvalue weighted by Crippen LogP contribution is 2.45. The van der Waals surface area contributed by atoms with Crippen LogP contribution in [0.2, 0.25) is 0 Å². The van der Waals surface area contributed by atoms with E-state index in [1.54, 1.807) is 18.2 Å². The predicted molar refractivity (Wildman–Crippen MR) is 344 cm³/mol. The number of hydrogen-bond donors (Lipinski definition) is 8. The first-order chi connectivity index (χ1) is 45.4. The lowest BCUT2D eigenvalue weighted by Crippen LogP contribution is -2.54. The van der Waals surface area contributed by atoms with Gasteiger partial charge in [0.05, 0.1) is 23.0 Å². The Balaban J connectivity index is 0.928. The minimum absolute atomic E-state index is 0.00126. The Bertz CT molecular complexity index is 4160. The molecule has 25 nitrogen and oxygen atoms in total. The average Bonchev–Trinajstić information content (AvgIpc) is 1.30. The lowest BCUT2D eigenvalue weighted by Gasteiger charge is -2.32. The number of fused-ring (bicyclic) bond motifs is 4. The number of carboxylic acid groups (broad SMARTS) is 5. The molecule has 0 bridgehead atoms. The van der Waals surface area contributed by atoms with E-state index in [9.17, 15) is 78.3 Å². The Morgan fingerprint density at radius 2 is 1.13 bits per heavy atom. The number of benzene rings is 5. The van der Waals surface area contributed by atoms with E-state index in [0.717, 1.165) is 55.3 Å². The first-order valence-electron chi connectivity index (χ1n) is 31.6. The maximum absolute atomic E-state index is 15.2. The minimum atomic E-state index is -4.34. The molecular weight excluding hydrogens is 1250 g/mol. The first-order valence-corrected chi connectivity index (χ1v) is 33.0. The van der Waals surface area contributed by atoms with Gasteiger partial charge in [-0.1, -0.05) is 54.6 Å². The third-order valence-corrected chi connectivity index (χ3v) is 19.9. The highest BCUT2D eigenvalue weighted by molar-refractivity contribution is 7.89. The molecule has 8 N–H and O–H groups in total. The molecule has 4 aromatic carbocycles. The van der Waals surface area contributed by atoms with E-state index in [-0.39, 0.29) is 37.2 Å². The third-order valence-electron chi connectivity index (χ3n) is 17.9. The van der Waals surface area contributed by atoms with Crippen molar-refractivity contribution in [1.29, 1.82) is 0 Å². The zero-order valence-corrected chi connectivity index (χ0v) is 53.0. The summed E-state index contributed by atoms with van der Waals surface area (Å²) >= 11 is 0. The van der Waals surface area contributed by atoms with Crippen molar-refractivity contribution in [3.05, 3.63) is 126 Å². The zero-order chi connectivity index (χ0) is 68.3. The van der Waals surface area contributed by atoms with Crippen LogP contribution in [0.5, 0.6) is 0 Å². The van der Waals surface area contributed by atoms with Crippen LogP contribution in [0.1, 0.15) is 108 Å². The summed E-state index contributed by atoms with van der Waals surface area (Å²) in [6.07, 6.45) is -5.66. The minimum Gasteiger partial charge on any atom is -0.481 e. The molecule has 5 atom stereocenters. The summed E-state index contributed by atoms with van der Waals surface area (Å²) in [7, 11) is -4.34. The summed E-state index contributed by atoms with van der Waals surface area (Å²) in [4.78, 5) is 143. The number of sulfonamides is 1. The van der Waals surface area contributed by atoms with Gasteiger partial charge in [0, 0.05) is 146 Å². The van der Waals surface area contributed by atoms with E-state index in [2.05, 4.69) is 49.7 Å². The van der Waals surface area contributed by atoms with E-state index >= 15 is 8.42 Å². The number of amides is 3. The van der Waals surface area contributed by atoms with Gasteiger partial charge in [0.1, 0.15) is 23.2 Å². The SMILES string of the molecule is CC(=O)[C@@H](CCC(=O)O)CC(=O)[C@@H](CCC(=O)O)NC(=O)[C@@H](CCC(=O)O)CC(=O)[C@@H](CCC(=O)O)NC(=O)[C@@H](CCC(=O)O)NC(=O)C1CCN(S(=O)(=O)c2ccccc2-c2c3ccc(=[N+]4CCc5ccccc54)cc-3oc3cc(N4CCc5ccccc54)ccc23)CC1. The van der Waals surface area contributed by atoms with Crippen molar-refractivity contribution in [3.8, 4) is 22.5 Å². The van der Waals surface area contributed by atoms with Crippen molar-refractivity contribution in [2.45, 2.75) is 133 Å². The number of anilines is 2. The first kappa shape index (κ1) is 69.4. The Kier molecular flexibility index (Phi) is 22.5. The molecule has 4 heterocycles. The molecule has 5 aliphatic rings. The fourth-order valence-electron chi connectivity index (χ4n) is 12.8. The summed E-state index contributed by atoms with van der Waals surface area (Å²) in [5, 5.41) is 56.4. The number of carbonyl (C=O) groups is 11. The van der Waals surface area contributed by atoms with Crippen LogP contribution < -0.4 is 30.8 Å². The molecule has 1 fully saturated rings. The van der Waals surface area contributed by atoms with Gasteiger partial charge < -0.3 is 50.8 Å². The number of rotatable bonds is 32. The quantitative estimate of drug-likeness (QED) is 0.0165. The molecule has 9 rings (SSSR count). The van der Waals surface area contributed by atoms with Crippen molar-refractivity contribution < 1.29 is 91.1 Å². The summed E-state index contributed by atoms with van der Waals surface area (Å²) < 4.78 is 40.7. The molecule has 0 unspecified atom stereocenters. The summed E-state index contributed by atoms with van der Waals surface area (Å²) in [6, 6.07) is 29.9. The molecule has 4 aromatic rings. The molecule has 0 spiro atoms. The molecule has 1 aliphatic carbocycles. The number of aliphatic carboxylic acids is 5. The monoisotopic (exact) mass is 1320 g/mol. The molecule has 95 heavy (non-hydrogen) atoms. The number of carbonyl (C=O) groups excluding carboxylic acids is 6. The highest BCUT2D eigenvalue weighted by Gasteiger charge is 2.38. The van der Waals surface area contributed by atoms with Crippen LogP contribution >= 0.6 is 0 Å². The van der Waals surface area contributed by atoms with E-state index in [1.807, 2.05) is 60.7 Å². The fourth-order valence-corrected chi connectivity index (χ4v) is 14.5. The van der Waals surface area contributed by atoms with Gasteiger partial charge in [-0.3, -0.25) is 52.7 Å². The highest BCUT2D eigenvalue weighted by atomic mass is 32.2. The zero-order valence-electron chi connectivity index (χ0n) is 52.2. The van der Waals surface area contributed by atoms with Gasteiger partial charge in [-0.25, -0.2) is 8.42 Å². The molecule has 3 amide bonds. The maximum atomic E-state index is 15.2. The van der Waals surface area contributed by atoms with Crippen LogP contribution in [0.3, 0.4) is 0 Å². The number of nitrogens with zero attached hydrogens (tertiary/aromatic N) is 3. The second kappa shape index (κ2) is 30.9. The molecule has 0 radical (unpaired) electrons. The fraction of sp³-hybridized carbons (Fsp3) is 0.391. The second-order valence-corrected chi connectivity index (χ2v) is 26.2. The average molecular weight is 1320 g/mol. The van der Waals surface area contributed by atoms with Crippen LogP contribution in [0.15, 0.2) is 119 Å². The van der Waals surface area contributed by atoms with Crippen LogP contribution in [0.4, 0.5) is 17.1 Å². The van der Waals surface area contributed by atoms with Gasteiger partial charge in [-0.2, -0.15) is 8.88 Å². The van der Waals surface area contributed by atoms with E-state index in [0.29, 0.717) is 33.4 Å². The predicted octanol–water partition coefficient (Wildman–Crippen LogP) is 6.48. The number of piperidine rings is 1. The summed E-state index contributed by atoms with van der Waals surface area (Å²) in [5.74, 6) is -15.4. The Hall–Kier alpha value is -9.95. The van der Waals surface area contributed by atoms with E-state index < -0.39 is 181 Å². The Morgan fingerprint density at radius 3 is 1.77 bits per heavy atom. The van der Waals surface area contributed by atoms with Crippen molar-refractivity contribution in [3.63, 3.8) is 0 Å². The lowest BCUT2D eigenvalue weighted by atomic mass is 9.88. The molecule has 500 valence electrons. The van der Waals surface area contributed by atoms with Gasteiger partial charge in [0.2, 0.25) is 38.8 Å². The smallest absolute Gasteiger partial charge is 0.303 e. The van der Waals surface area contributed by atoms with Crippen LogP contribution in [0, 0.1) is 17.8 Å². The second-order valence-electron chi connectivity index (χ2n) is 24.3. The lowest BCUT2D eigenvalue weighted by molar-refractivity contribution is -0.141.